The van der Waals surface area contributed by atoms with Crippen LogP contribution < -0.4 is 0 Å². The van der Waals surface area contributed by atoms with Gasteiger partial charge in [0.25, 0.3) is 5.91 Å². The third kappa shape index (κ3) is 3.13. The van der Waals surface area contributed by atoms with Crippen molar-refractivity contribution in [2.45, 2.75) is 6.92 Å². The first-order valence-corrected chi connectivity index (χ1v) is 6.85. The number of benzene rings is 1. The van der Waals surface area contributed by atoms with Crippen molar-refractivity contribution in [3.63, 3.8) is 0 Å². The molecule has 0 bridgehead atoms. The molecule has 0 aliphatic rings. The van der Waals surface area contributed by atoms with Crippen LogP contribution in [0.2, 0.25) is 5.15 Å². The number of carbonyl (C=O) groups is 2. The molecule has 2 rings (SSSR count). The Balaban J connectivity index is 2.43. The van der Waals surface area contributed by atoms with E-state index in [-0.39, 0.29) is 12.5 Å². The van der Waals surface area contributed by atoms with Crippen LogP contribution in [0.1, 0.15) is 17.3 Å². The minimum atomic E-state index is -0.462. The van der Waals surface area contributed by atoms with Crippen molar-refractivity contribution in [3.8, 4) is 0 Å². The zero-order chi connectivity index (χ0) is 15.4. The number of aromatic nitrogens is 1. The first-order valence-electron chi connectivity index (χ1n) is 6.47. The SMILES string of the molecule is CCN(CC(=O)OC)C(=O)c1cnc(Cl)c2ccccc12. The lowest BCUT2D eigenvalue weighted by atomic mass is 10.1. The van der Waals surface area contributed by atoms with Crippen LogP contribution in [0.4, 0.5) is 0 Å². The number of halogens is 1. The summed E-state index contributed by atoms with van der Waals surface area (Å²) in [6.07, 6.45) is 1.44. The summed E-state index contributed by atoms with van der Waals surface area (Å²) in [7, 11) is 1.29. The van der Waals surface area contributed by atoms with E-state index in [1.807, 2.05) is 18.2 Å². The highest BCUT2D eigenvalue weighted by molar-refractivity contribution is 6.34. The molecule has 0 N–H and O–H groups in total. The van der Waals surface area contributed by atoms with Crippen LogP contribution >= 0.6 is 11.6 Å². The Labute approximate surface area is 127 Å². The lowest BCUT2D eigenvalue weighted by Gasteiger charge is -2.20. The molecule has 0 saturated heterocycles. The van der Waals surface area contributed by atoms with Gasteiger partial charge in [-0.3, -0.25) is 9.59 Å². The molecule has 110 valence electrons. The highest BCUT2D eigenvalue weighted by atomic mass is 35.5. The topological polar surface area (TPSA) is 59.5 Å². The van der Waals surface area contributed by atoms with Gasteiger partial charge in [0.1, 0.15) is 11.7 Å². The number of esters is 1. The Bertz CT molecular complexity index is 688. The zero-order valence-corrected chi connectivity index (χ0v) is 12.6. The monoisotopic (exact) mass is 306 g/mol. The van der Waals surface area contributed by atoms with Crippen LogP contribution in [0.5, 0.6) is 0 Å². The van der Waals surface area contributed by atoms with Gasteiger partial charge in [-0.2, -0.15) is 0 Å². The second-order valence-corrected chi connectivity index (χ2v) is 4.76. The fourth-order valence-corrected chi connectivity index (χ4v) is 2.26. The minimum Gasteiger partial charge on any atom is -0.468 e. The van der Waals surface area contributed by atoms with Crippen LogP contribution in [0.3, 0.4) is 0 Å². The smallest absolute Gasteiger partial charge is 0.325 e. The normalized spacial score (nSPS) is 10.4. The Kier molecular flexibility index (Phi) is 4.75. The number of rotatable bonds is 4. The molecule has 2 aromatic rings. The van der Waals surface area contributed by atoms with E-state index in [2.05, 4.69) is 9.72 Å². The highest BCUT2D eigenvalue weighted by Gasteiger charge is 2.20. The summed E-state index contributed by atoms with van der Waals surface area (Å²) in [4.78, 5) is 29.4. The molecule has 0 aliphatic heterocycles. The summed E-state index contributed by atoms with van der Waals surface area (Å²) < 4.78 is 4.61. The third-order valence-electron chi connectivity index (χ3n) is 3.19. The lowest BCUT2D eigenvalue weighted by Crippen LogP contribution is -2.36. The molecule has 0 atom stereocenters. The zero-order valence-electron chi connectivity index (χ0n) is 11.8. The van der Waals surface area contributed by atoms with Crippen molar-refractivity contribution in [2.75, 3.05) is 20.2 Å². The molecule has 0 fully saturated rings. The molecule has 1 aromatic heterocycles. The summed E-state index contributed by atoms with van der Waals surface area (Å²) in [5.41, 5.74) is 0.417. The molecular weight excluding hydrogens is 292 g/mol. The standard InChI is InChI=1S/C15H15ClN2O3/c1-3-18(9-13(19)21-2)15(20)12-8-17-14(16)11-7-5-4-6-10(11)12/h4-8H,3,9H2,1-2H3. The van der Waals surface area contributed by atoms with E-state index in [1.54, 1.807) is 13.0 Å². The fraction of sp³-hybridized carbons (Fsp3) is 0.267. The number of hydrogen-bond acceptors (Lipinski definition) is 4. The molecule has 0 unspecified atom stereocenters. The van der Waals surface area contributed by atoms with Crippen molar-refractivity contribution < 1.29 is 14.3 Å². The van der Waals surface area contributed by atoms with E-state index in [1.165, 1.54) is 18.2 Å². The molecule has 0 saturated carbocycles. The van der Waals surface area contributed by atoms with Gasteiger partial charge in [0, 0.05) is 18.1 Å². The van der Waals surface area contributed by atoms with Crippen LogP contribution in [-0.2, 0) is 9.53 Å². The van der Waals surface area contributed by atoms with Gasteiger partial charge in [0.2, 0.25) is 0 Å². The van der Waals surface area contributed by atoms with Gasteiger partial charge >= 0.3 is 5.97 Å². The average molecular weight is 307 g/mol. The number of fused-ring (bicyclic) bond motifs is 1. The van der Waals surface area contributed by atoms with Crippen molar-refractivity contribution >= 4 is 34.2 Å². The number of carbonyl (C=O) groups excluding carboxylic acids is 2. The molecule has 21 heavy (non-hydrogen) atoms. The van der Waals surface area contributed by atoms with Gasteiger partial charge in [-0.05, 0) is 12.3 Å². The Hall–Kier alpha value is -2.14. The van der Waals surface area contributed by atoms with Gasteiger partial charge in [0.05, 0.1) is 12.7 Å². The van der Waals surface area contributed by atoms with E-state index >= 15 is 0 Å². The predicted octanol–water partition coefficient (Wildman–Crippen LogP) is 2.52. The summed E-state index contributed by atoms with van der Waals surface area (Å²) >= 11 is 6.04. The number of amides is 1. The van der Waals surface area contributed by atoms with E-state index in [0.29, 0.717) is 28.0 Å². The molecule has 1 aromatic carbocycles. The number of pyridine rings is 1. The molecule has 1 heterocycles. The molecule has 5 nitrogen and oxygen atoms in total. The Morgan fingerprint density at radius 2 is 1.95 bits per heavy atom. The number of likely N-dealkylation sites (N-methyl/N-ethyl adjacent to an activating group) is 1. The first-order chi connectivity index (χ1) is 10.1. The number of hydrogen-bond donors (Lipinski definition) is 0. The number of ether oxygens (including phenoxy) is 1. The van der Waals surface area contributed by atoms with E-state index in [4.69, 9.17) is 11.6 Å². The van der Waals surface area contributed by atoms with Crippen molar-refractivity contribution in [2.24, 2.45) is 0 Å². The highest BCUT2D eigenvalue weighted by Crippen LogP contribution is 2.25. The Morgan fingerprint density at radius 1 is 1.29 bits per heavy atom. The largest absolute Gasteiger partial charge is 0.468 e. The van der Waals surface area contributed by atoms with Gasteiger partial charge in [0.15, 0.2) is 0 Å². The maximum Gasteiger partial charge on any atom is 0.325 e. The first kappa shape index (κ1) is 15.3. The summed E-state index contributed by atoms with van der Waals surface area (Å²) in [6.45, 7) is 2.10. The van der Waals surface area contributed by atoms with Crippen LogP contribution in [0.15, 0.2) is 30.5 Å². The van der Waals surface area contributed by atoms with Crippen LogP contribution in [-0.4, -0.2) is 42.0 Å². The molecule has 6 heteroatoms. The minimum absolute atomic E-state index is 0.0945. The second kappa shape index (κ2) is 6.54. The summed E-state index contributed by atoms with van der Waals surface area (Å²) in [6, 6.07) is 7.27. The van der Waals surface area contributed by atoms with Gasteiger partial charge < -0.3 is 9.64 Å². The Morgan fingerprint density at radius 3 is 2.57 bits per heavy atom. The average Bonchev–Trinajstić information content (AvgIpc) is 2.52. The third-order valence-corrected chi connectivity index (χ3v) is 3.49. The lowest BCUT2D eigenvalue weighted by molar-refractivity contribution is -0.141. The fourth-order valence-electron chi connectivity index (χ4n) is 2.05. The molecule has 0 radical (unpaired) electrons. The van der Waals surface area contributed by atoms with Gasteiger partial charge in [-0.15, -0.1) is 0 Å². The van der Waals surface area contributed by atoms with Crippen molar-refractivity contribution in [1.82, 2.24) is 9.88 Å². The number of methoxy groups -OCH3 is 1. The van der Waals surface area contributed by atoms with Gasteiger partial charge in [-0.1, -0.05) is 35.9 Å². The summed E-state index contributed by atoms with van der Waals surface area (Å²) in [5.74, 6) is -0.736. The van der Waals surface area contributed by atoms with Crippen molar-refractivity contribution in [3.05, 3.63) is 41.2 Å². The maximum atomic E-state index is 12.6. The number of nitrogens with zero attached hydrogens (tertiary/aromatic N) is 2. The quantitative estimate of drug-likeness (QED) is 0.643. The molecular formula is C15H15ClN2O3. The maximum absolute atomic E-state index is 12.6. The molecule has 0 spiro atoms. The molecule has 0 aliphatic carbocycles. The van der Waals surface area contributed by atoms with E-state index in [0.717, 1.165) is 0 Å². The van der Waals surface area contributed by atoms with E-state index in [9.17, 15) is 9.59 Å². The van der Waals surface area contributed by atoms with Crippen LogP contribution in [0, 0.1) is 0 Å². The van der Waals surface area contributed by atoms with Gasteiger partial charge in [-0.25, -0.2) is 4.98 Å². The van der Waals surface area contributed by atoms with Crippen molar-refractivity contribution in [1.29, 1.82) is 0 Å². The molecule has 1 amide bonds. The predicted molar refractivity (Wildman–Crippen MR) is 80.3 cm³/mol. The van der Waals surface area contributed by atoms with E-state index < -0.39 is 5.97 Å². The second-order valence-electron chi connectivity index (χ2n) is 4.40. The van der Waals surface area contributed by atoms with Crippen LogP contribution in [0.25, 0.3) is 10.8 Å². The summed E-state index contributed by atoms with van der Waals surface area (Å²) in [5, 5.41) is 1.77.